The number of hydrogen-bond donors (Lipinski definition) is 2. The van der Waals surface area contributed by atoms with Crippen LogP contribution in [0.1, 0.15) is 38.8 Å². The first-order chi connectivity index (χ1) is 8.27. The second-order valence-electron chi connectivity index (χ2n) is 4.78. The number of nitrogens with one attached hydrogen (secondary N) is 1. The van der Waals surface area contributed by atoms with Crippen molar-refractivity contribution in [3.63, 3.8) is 0 Å². The van der Waals surface area contributed by atoms with Gasteiger partial charge in [0.1, 0.15) is 6.04 Å². The van der Waals surface area contributed by atoms with Crippen molar-refractivity contribution in [1.82, 2.24) is 0 Å². The van der Waals surface area contributed by atoms with Crippen molar-refractivity contribution in [3.05, 3.63) is 35.9 Å². The summed E-state index contributed by atoms with van der Waals surface area (Å²) in [6.45, 7) is 11.9. The summed E-state index contributed by atoms with van der Waals surface area (Å²) < 4.78 is 0. The van der Waals surface area contributed by atoms with E-state index >= 15 is 0 Å². The smallest absolute Gasteiger partial charge is 0.109 e. The van der Waals surface area contributed by atoms with Crippen molar-refractivity contribution in [2.24, 2.45) is 0 Å². The Hall–Kier alpha value is -0.860. The summed E-state index contributed by atoms with van der Waals surface area (Å²) in [5, 5.41) is 2.46. The highest BCUT2D eigenvalue weighted by molar-refractivity contribution is 5.16. The molecule has 0 spiro atoms. The van der Waals surface area contributed by atoms with Crippen LogP contribution in [0.5, 0.6) is 0 Å². The van der Waals surface area contributed by atoms with Gasteiger partial charge in [-0.1, -0.05) is 30.3 Å². The van der Waals surface area contributed by atoms with Crippen LogP contribution in [0.3, 0.4) is 0 Å². The van der Waals surface area contributed by atoms with Crippen molar-refractivity contribution in [2.45, 2.75) is 33.2 Å². The fraction of sp³-hybridized carbons (Fsp3) is 0.600. The molecule has 1 aromatic rings. The maximum atomic E-state index is 2.46. The van der Waals surface area contributed by atoms with Gasteiger partial charge in [0.25, 0.3) is 0 Å². The molecule has 3 N–H and O–H groups in total. The summed E-state index contributed by atoms with van der Waals surface area (Å²) in [5.74, 6) is 0. The van der Waals surface area contributed by atoms with E-state index in [0.717, 1.165) is 0 Å². The molecule has 0 heterocycles. The number of quaternary nitrogens is 2. The van der Waals surface area contributed by atoms with Gasteiger partial charge in [0.05, 0.1) is 26.2 Å². The van der Waals surface area contributed by atoms with Crippen LogP contribution in [0.25, 0.3) is 0 Å². The molecule has 0 aliphatic heterocycles. The average Bonchev–Trinajstić information content (AvgIpc) is 2.40. The van der Waals surface area contributed by atoms with Gasteiger partial charge in [-0.05, 0) is 20.8 Å². The first-order valence-electron chi connectivity index (χ1n) is 6.99. The number of hydrogen-bond acceptors (Lipinski definition) is 0. The zero-order valence-electron chi connectivity index (χ0n) is 11.6. The van der Waals surface area contributed by atoms with E-state index in [9.17, 15) is 0 Å². The van der Waals surface area contributed by atoms with Gasteiger partial charge >= 0.3 is 0 Å². The molecule has 0 radical (unpaired) electrons. The van der Waals surface area contributed by atoms with Crippen LogP contribution in [-0.2, 0) is 0 Å². The van der Waals surface area contributed by atoms with Crippen LogP contribution in [0.4, 0.5) is 0 Å². The average molecular weight is 236 g/mol. The fourth-order valence-electron chi connectivity index (χ4n) is 2.22. The zero-order chi connectivity index (χ0) is 12.5. The maximum Gasteiger partial charge on any atom is 0.109 e. The minimum atomic E-state index is 0.586. The molecule has 0 aromatic heterocycles. The van der Waals surface area contributed by atoms with Crippen LogP contribution in [0.2, 0.25) is 0 Å². The summed E-state index contributed by atoms with van der Waals surface area (Å²) in [7, 11) is 0. The first kappa shape index (κ1) is 14.2. The van der Waals surface area contributed by atoms with Crippen molar-refractivity contribution in [2.75, 3.05) is 26.2 Å². The predicted molar refractivity (Wildman–Crippen MR) is 73.2 cm³/mol. The quantitative estimate of drug-likeness (QED) is 0.618. The largest absolute Gasteiger partial charge is 0.340 e. The lowest BCUT2D eigenvalue weighted by Gasteiger charge is -2.15. The minimum absolute atomic E-state index is 0.586. The molecule has 2 nitrogen and oxygen atoms in total. The molecule has 1 aromatic carbocycles. The van der Waals surface area contributed by atoms with E-state index in [-0.39, 0.29) is 0 Å². The first-order valence-corrected chi connectivity index (χ1v) is 6.99. The second kappa shape index (κ2) is 8.26. The molecular weight excluding hydrogens is 208 g/mol. The number of nitrogens with two attached hydrogens (primary N) is 1. The number of benzene rings is 1. The summed E-state index contributed by atoms with van der Waals surface area (Å²) in [6.07, 6.45) is 1.31. The summed E-state index contributed by atoms with van der Waals surface area (Å²) in [5.41, 5.74) is 1.43. The second-order valence-corrected chi connectivity index (χ2v) is 4.78. The van der Waals surface area contributed by atoms with E-state index in [1.807, 2.05) is 0 Å². The molecule has 0 saturated carbocycles. The molecular formula is C15H28N2+2. The SMILES string of the molecule is CC[NH+](CC)CCC[NH2+][C@H](C)c1ccccc1. The van der Waals surface area contributed by atoms with E-state index < -0.39 is 0 Å². The van der Waals surface area contributed by atoms with Gasteiger partial charge in [0.2, 0.25) is 0 Å². The third-order valence-electron chi connectivity index (χ3n) is 3.58. The van der Waals surface area contributed by atoms with Crippen LogP contribution in [-0.4, -0.2) is 26.2 Å². The van der Waals surface area contributed by atoms with Gasteiger partial charge < -0.3 is 10.2 Å². The molecule has 0 amide bonds. The van der Waals surface area contributed by atoms with Crippen molar-refractivity contribution in [1.29, 1.82) is 0 Å². The van der Waals surface area contributed by atoms with Gasteiger partial charge in [0.15, 0.2) is 0 Å². The molecule has 2 heteroatoms. The zero-order valence-corrected chi connectivity index (χ0v) is 11.6. The van der Waals surface area contributed by atoms with Crippen molar-refractivity contribution >= 4 is 0 Å². The Balaban J connectivity index is 2.19. The molecule has 0 unspecified atom stereocenters. The Kier molecular flexibility index (Phi) is 6.90. The molecule has 0 fully saturated rings. The standard InChI is InChI=1S/C15H26N2/c1-4-17(5-2)13-9-12-16-14(3)15-10-7-6-8-11-15/h6-8,10-11,14,16H,4-5,9,12-13H2,1-3H3/p+2/t14-/m1/s1. The fourth-order valence-corrected chi connectivity index (χ4v) is 2.22. The summed E-state index contributed by atoms with van der Waals surface area (Å²) >= 11 is 0. The third kappa shape index (κ3) is 5.33. The van der Waals surface area contributed by atoms with Crippen LogP contribution in [0.15, 0.2) is 30.3 Å². The summed E-state index contributed by atoms with van der Waals surface area (Å²) in [6, 6.07) is 11.4. The molecule has 1 atom stereocenters. The normalized spacial score (nSPS) is 12.9. The van der Waals surface area contributed by atoms with Crippen molar-refractivity contribution < 1.29 is 10.2 Å². The van der Waals surface area contributed by atoms with Crippen LogP contribution >= 0.6 is 0 Å². The Bertz CT molecular complexity index is 280. The molecule has 96 valence electrons. The van der Waals surface area contributed by atoms with E-state index in [2.05, 4.69) is 56.4 Å². The lowest BCUT2D eigenvalue weighted by Crippen LogP contribution is -3.11. The highest BCUT2D eigenvalue weighted by atomic mass is 15.1. The van der Waals surface area contributed by atoms with Gasteiger partial charge in [-0.3, -0.25) is 0 Å². The molecule has 0 aliphatic carbocycles. The van der Waals surface area contributed by atoms with Crippen molar-refractivity contribution in [3.8, 4) is 0 Å². The lowest BCUT2D eigenvalue weighted by atomic mass is 10.1. The highest BCUT2D eigenvalue weighted by Crippen LogP contribution is 2.05. The Morgan fingerprint density at radius 3 is 2.35 bits per heavy atom. The third-order valence-corrected chi connectivity index (χ3v) is 3.58. The van der Waals surface area contributed by atoms with Gasteiger partial charge in [-0.25, -0.2) is 0 Å². The lowest BCUT2D eigenvalue weighted by molar-refractivity contribution is -0.898. The van der Waals surface area contributed by atoms with Crippen LogP contribution in [0, 0.1) is 0 Å². The van der Waals surface area contributed by atoms with E-state index in [1.54, 1.807) is 4.90 Å². The Morgan fingerprint density at radius 2 is 1.76 bits per heavy atom. The molecule has 1 rings (SSSR count). The van der Waals surface area contributed by atoms with E-state index in [1.165, 1.54) is 38.2 Å². The summed E-state index contributed by atoms with van der Waals surface area (Å²) in [4.78, 5) is 1.71. The molecule has 0 aliphatic rings. The van der Waals surface area contributed by atoms with Gasteiger partial charge in [-0.15, -0.1) is 0 Å². The molecule has 0 bridgehead atoms. The minimum Gasteiger partial charge on any atom is -0.340 e. The van der Waals surface area contributed by atoms with E-state index in [0.29, 0.717) is 6.04 Å². The van der Waals surface area contributed by atoms with E-state index in [4.69, 9.17) is 0 Å². The Morgan fingerprint density at radius 1 is 1.12 bits per heavy atom. The topological polar surface area (TPSA) is 21.1 Å². The van der Waals surface area contributed by atoms with Gasteiger partial charge in [0, 0.05) is 12.0 Å². The maximum absolute atomic E-state index is 2.46. The van der Waals surface area contributed by atoms with Gasteiger partial charge in [-0.2, -0.15) is 0 Å². The number of rotatable bonds is 8. The predicted octanol–water partition coefficient (Wildman–Crippen LogP) is 0.626. The van der Waals surface area contributed by atoms with Crippen LogP contribution < -0.4 is 10.2 Å². The highest BCUT2D eigenvalue weighted by Gasteiger charge is 2.08. The Labute approximate surface area is 106 Å². The monoisotopic (exact) mass is 236 g/mol. The molecule has 0 saturated heterocycles. The molecule has 17 heavy (non-hydrogen) atoms.